The Morgan fingerprint density at radius 2 is 1.84 bits per heavy atom. The summed E-state index contributed by atoms with van der Waals surface area (Å²) in [6.45, 7) is 5.47. The topological polar surface area (TPSA) is 49.9 Å². The lowest BCUT2D eigenvalue weighted by Gasteiger charge is -2.27. The monoisotopic (exact) mass is 362 g/mol. The largest absolute Gasteiger partial charge is 0.378 e. The minimum absolute atomic E-state index is 0.109. The van der Waals surface area contributed by atoms with E-state index in [1.165, 1.54) is 22.9 Å². The fraction of sp³-hybridized carbons (Fsp3) is 0.579. The third-order valence-corrected chi connectivity index (χ3v) is 5.84. The summed E-state index contributed by atoms with van der Waals surface area (Å²) >= 11 is 1.43. The zero-order valence-electron chi connectivity index (χ0n) is 14.8. The van der Waals surface area contributed by atoms with E-state index in [4.69, 9.17) is 4.74 Å². The number of carbonyl (C=O) groups is 2. The van der Waals surface area contributed by atoms with Gasteiger partial charge in [-0.3, -0.25) is 9.59 Å². The van der Waals surface area contributed by atoms with Gasteiger partial charge in [0.15, 0.2) is 0 Å². The molecule has 136 valence electrons. The second-order valence-corrected chi connectivity index (χ2v) is 7.57. The summed E-state index contributed by atoms with van der Waals surface area (Å²) in [5.74, 6) is 0.996. The molecule has 1 unspecified atom stereocenters. The lowest BCUT2D eigenvalue weighted by Crippen LogP contribution is -2.41. The summed E-state index contributed by atoms with van der Waals surface area (Å²) in [7, 11) is 0. The molecule has 0 N–H and O–H groups in total. The van der Waals surface area contributed by atoms with E-state index in [1.54, 1.807) is 0 Å². The highest BCUT2D eigenvalue weighted by molar-refractivity contribution is 8.00. The molecule has 2 amide bonds. The van der Waals surface area contributed by atoms with Crippen LogP contribution in [0.4, 0.5) is 0 Å². The number of carbonyl (C=O) groups excluding carboxylic acids is 2. The van der Waals surface area contributed by atoms with E-state index in [2.05, 4.69) is 19.1 Å². The lowest BCUT2D eigenvalue weighted by atomic mass is 9.99. The van der Waals surface area contributed by atoms with Crippen LogP contribution < -0.4 is 0 Å². The summed E-state index contributed by atoms with van der Waals surface area (Å²) in [4.78, 5) is 28.6. The van der Waals surface area contributed by atoms with E-state index in [1.807, 2.05) is 21.9 Å². The summed E-state index contributed by atoms with van der Waals surface area (Å²) < 4.78 is 5.26. The standard InChI is InChI=1S/C19H26N2O3S/c1-15-5-2-3-6-16(15)17-7-4-8-21(17)19(23)14-25-13-18(22)20-9-11-24-12-10-20/h2-3,5-6,17H,4,7-14H2,1H3. The van der Waals surface area contributed by atoms with E-state index < -0.39 is 0 Å². The molecule has 0 aliphatic carbocycles. The van der Waals surface area contributed by atoms with Gasteiger partial charge in [0.25, 0.3) is 0 Å². The minimum atomic E-state index is 0.109. The average Bonchev–Trinajstić information content (AvgIpc) is 3.12. The van der Waals surface area contributed by atoms with Gasteiger partial charge in [0.05, 0.1) is 30.8 Å². The molecule has 2 aliphatic rings. The summed E-state index contributed by atoms with van der Waals surface area (Å²) in [6.07, 6.45) is 2.07. The molecular formula is C19H26N2O3S. The fourth-order valence-corrected chi connectivity index (χ4v) is 4.36. The molecule has 0 radical (unpaired) electrons. The molecule has 2 heterocycles. The maximum atomic E-state index is 12.7. The van der Waals surface area contributed by atoms with Crippen molar-refractivity contribution in [3.05, 3.63) is 35.4 Å². The van der Waals surface area contributed by atoms with E-state index >= 15 is 0 Å². The highest BCUT2D eigenvalue weighted by Gasteiger charge is 2.30. The quantitative estimate of drug-likeness (QED) is 0.806. The third kappa shape index (κ3) is 4.55. The zero-order chi connectivity index (χ0) is 17.6. The van der Waals surface area contributed by atoms with Crippen LogP contribution in [-0.4, -0.2) is 66.0 Å². The molecule has 0 bridgehead atoms. The van der Waals surface area contributed by atoms with Crippen LogP contribution in [-0.2, 0) is 14.3 Å². The van der Waals surface area contributed by atoms with Gasteiger partial charge in [0, 0.05) is 19.6 Å². The Bertz CT molecular complexity index is 616. The van der Waals surface area contributed by atoms with E-state index in [0.717, 1.165) is 19.4 Å². The number of ether oxygens (including phenoxy) is 1. The van der Waals surface area contributed by atoms with Crippen molar-refractivity contribution in [2.45, 2.75) is 25.8 Å². The molecule has 2 saturated heterocycles. The first-order chi connectivity index (χ1) is 12.2. The van der Waals surface area contributed by atoms with Crippen molar-refractivity contribution in [1.82, 2.24) is 9.80 Å². The smallest absolute Gasteiger partial charge is 0.233 e. The molecule has 0 aromatic heterocycles. The Morgan fingerprint density at radius 1 is 1.12 bits per heavy atom. The van der Waals surface area contributed by atoms with Crippen LogP contribution in [0.25, 0.3) is 0 Å². The van der Waals surface area contributed by atoms with Crippen molar-refractivity contribution < 1.29 is 14.3 Å². The molecule has 5 nitrogen and oxygen atoms in total. The molecule has 6 heteroatoms. The van der Waals surface area contributed by atoms with Crippen molar-refractivity contribution >= 4 is 23.6 Å². The van der Waals surface area contributed by atoms with Crippen LogP contribution in [0.3, 0.4) is 0 Å². The highest BCUT2D eigenvalue weighted by atomic mass is 32.2. The van der Waals surface area contributed by atoms with Gasteiger partial charge in [-0.25, -0.2) is 0 Å². The molecule has 1 atom stereocenters. The minimum Gasteiger partial charge on any atom is -0.378 e. The van der Waals surface area contributed by atoms with Crippen LogP contribution >= 0.6 is 11.8 Å². The Balaban J connectivity index is 1.50. The maximum absolute atomic E-state index is 12.7. The number of likely N-dealkylation sites (tertiary alicyclic amines) is 1. The molecule has 1 aromatic rings. The number of morpholine rings is 1. The first-order valence-electron chi connectivity index (χ1n) is 8.95. The van der Waals surface area contributed by atoms with Gasteiger partial charge in [-0.15, -0.1) is 11.8 Å². The average molecular weight is 362 g/mol. The Kier molecular flexibility index (Phi) is 6.37. The van der Waals surface area contributed by atoms with Crippen LogP contribution in [0.5, 0.6) is 0 Å². The first-order valence-corrected chi connectivity index (χ1v) is 10.1. The van der Waals surface area contributed by atoms with Gasteiger partial charge in [0.1, 0.15) is 0 Å². The van der Waals surface area contributed by atoms with Crippen molar-refractivity contribution in [3.63, 3.8) is 0 Å². The van der Waals surface area contributed by atoms with Crippen molar-refractivity contribution in [2.75, 3.05) is 44.4 Å². The number of rotatable bonds is 5. The van der Waals surface area contributed by atoms with Crippen LogP contribution in [0.1, 0.15) is 30.0 Å². The molecule has 1 aromatic carbocycles. The van der Waals surface area contributed by atoms with Crippen molar-refractivity contribution in [2.24, 2.45) is 0 Å². The SMILES string of the molecule is Cc1ccccc1C1CCCN1C(=O)CSCC(=O)N1CCOCC1. The van der Waals surface area contributed by atoms with Crippen LogP contribution in [0.15, 0.2) is 24.3 Å². The van der Waals surface area contributed by atoms with Crippen molar-refractivity contribution in [1.29, 1.82) is 0 Å². The van der Waals surface area contributed by atoms with Gasteiger partial charge < -0.3 is 14.5 Å². The normalized spacial score (nSPS) is 20.8. The summed E-state index contributed by atoms with van der Waals surface area (Å²) in [5, 5.41) is 0. The Morgan fingerprint density at radius 3 is 2.60 bits per heavy atom. The summed E-state index contributed by atoms with van der Waals surface area (Å²) in [6, 6.07) is 8.49. The molecule has 0 saturated carbocycles. The number of hydrogen-bond acceptors (Lipinski definition) is 4. The number of nitrogens with zero attached hydrogens (tertiary/aromatic N) is 2. The van der Waals surface area contributed by atoms with Crippen LogP contribution in [0.2, 0.25) is 0 Å². The predicted molar refractivity (Wildman–Crippen MR) is 99.6 cm³/mol. The Labute approximate surface area is 153 Å². The highest BCUT2D eigenvalue weighted by Crippen LogP contribution is 2.34. The summed E-state index contributed by atoms with van der Waals surface area (Å²) in [5.41, 5.74) is 2.49. The third-order valence-electron chi connectivity index (χ3n) is 4.94. The molecular weight excluding hydrogens is 336 g/mol. The molecule has 0 spiro atoms. The lowest BCUT2D eigenvalue weighted by molar-refractivity contribution is -0.132. The number of thioether (sulfide) groups is 1. The van der Waals surface area contributed by atoms with Gasteiger partial charge in [-0.1, -0.05) is 24.3 Å². The second-order valence-electron chi connectivity index (χ2n) is 6.59. The van der Waals surface area contributed by atoms with E-state index in [0.29, 0.717) is 37.8 Å². The number of aryl methyl sites for hydroxylation is 1. The number of benzene rings is 1. The predicted octanol–water partition coefficient (Wildman–Crippen LogP) is 2.25. The number of hydrogen-bond donors (Lipinski definition) is 0. The van der Waals surface area contributed by atoms with Gasteiger partial charge >= 0.3 is 0 Å². The van der Waals surface area contributed by atoms with Crippen molar-refractivity contribution in [3.8, 4) is 0 Å². The van der Waals surface area contributed by atoms with E-state index in [-0.39, 0.29) is 17.9 Å². The number of amides is 2. The van der Waals surface area contributed by atoms with Gasteiger partial charge in [-0.05, 0) is 30.9 Å². The molecule has 2 fully saturated rings. The second kappa shape index (κ2) is 8.72. The molecule has 25 heavy (non-hydrogen) atoms. The van der Waals surface area contributed by atoms with Gasteiger partial charge in [0.2, 0.25) is 11.8 Å². The molecule has 2 aliphatic heterocycles. The van der Waals surface area contributed by atoms with Gasteiger partial charge in [-0.2, -0.15) is 0 Å². The Hall–Kier alpha value is -1.53. The van der Waals surface area contributed by atoms with E-state index in [9.17, 15) is 9.59 Å². The maximum Gasteiger partial charge on any atom is 0.233 e. The molecule has 3 rings (SSSR count). The zero-order valence-corrected chi connectivity index (χ0v) is 15.6. The fourth-order valence-electron chi connectivity index (χ4n) is 3.56. The first kappa shape index (κ1) is 18.3. The van der Waals surface area contributed by atoms with Crippen LogP contribution in [0, 0.1) is 6.92 Å².